The highest BCUT2D eigenvalue weighted by Crippen LogP contribution is 2.21. The number of hydrogen-bond donors (Lipinski definition) is 1. The van der Waals surface area contributed by atoms with Crippen molar-refractivity contribution in [3.8, 4) is 5.69 Å². The van der Waals surface area contributed by atoms with E-state index in [1.165, 1.54) is 27.4 Å². The Morgan fingerprint density at radius 1 is 1.16 bits per heavy atom. The van der Waals surface area contributed by atoms with E-state index in [4.69, 9.17) is 11.6 Å². The van der Waals surface area contributed by atoms with Crippen LogP contribution in [0.2, 0.25) is 5.02 Å². The molecule has 3 heterocycles. The van der Waals surface area contributed by atoms with Gasteiger partial charge >= 0.3 is 0 Å². The van der Waals surface area contributed by atoms with Gasteiger partial charge in [-0.3, -0.25) is 19.5 Å². The number of aryl methyl sites for hydroxylation is 1. The second-order valence-electron chi connectivity index (χ2n) is 8.14. The molecule has 1 aromatic carbocycles. The van der Waals surface area contributed by atoms with Crippen molar-refractivity contribution in [2.75, 3.05) is 33.2 Å². The normalized spacial score (nSPS) is 14.9. The molecular weight excluding hydrogens is 437 g/mol. The Hall–Kier alpha value is -2.91. The molecule has 1 aliphatic rings. The maximum absolute atomic E-state index is 13.4. The molecule has 170 valence electrons. The summed E-state index contributed by atoms with van der Waals surface area (Å²) in [6.07, 6.45) is 0.843. The van der Waals surface area contributed by atoms with Crippen molar-refractivity contribution in [3.63, 3.8) is 0 Å². The van der Waals surface area contributed by atoms with Gasteiger partial charge < -0.3 is 14.4 Å². The predicted octanol–water partition coefficient (Wildman–Crippen LogP) is 2.14. The molecule has 0 atom stereocenters. The van der Waals surface area contributed by atoms with E-state index in [9.17, 15) is 18.8 Å². The number of pyridine rings is 1. The summed E-state index contributed by atoms with van der Waals surface area (Å²) in [5.74, 6) is -0.426. The number of H-pyrrole nitrogens is 1. The number of rotatable bonds is 5. The summed E-state index contributed by atoms with van der Waals surface area (Å²) in [4.78, 5) is 42.3. The van der Waals surface area contributed by atoms with Gasteiger partial charge in [0.05, 0.1) is 21.6 Å². The third-order valence-electron chi connectivity index (χ3n) is 6.00. The van der Waals surface area contributed by atoms with E-state index in [1.807, 2.05) is 11.9 Å². The van der Waals surface area contributed by atoms with Crippen LogP contribution in [0.3, 0.4) is 0 Å². The van der Waals surface area contributed by atoms with Gasteiger partial charge in [0.2, 0.25) is 5.91 Å². The highest BCUT2D eigenvalue weighted by molar-refractivity contribution is 6.32. The summed E-state index contributed by atoms with van der Waals surface area (Å²) < 4.78 is 16.1. The standard InChI is InChI=1S/C22H25ClFN5O3/c1-14-21-17(25-29(22(21)32)18-6-5-15(24)12-16(18)23)13-20(31)28(14)7-3-4-19(30)27-10-8-26(2)9-11-27/h5-6,12-13,25H,3-4,7-11H2,1-2H3. The van der Waals surface area contributed by atoms with Crippen LogP contribution in [0, 0.1) is 12.7 Å². The molecule has 1 aliphatic heterocycles. The Labute approximate surface area is 188 Å². The van der Waals surface area contributed by atoms with Crippen molar-refractivity contribution in [2.45, 2.75) is 26.3 Å². The van der Waals surface area contributed by atoms with Gasteiger partial charge in [-0.15, -0.1) is 0 Å². The van der Waals surface area contributed by atoms with Crippen molar-refractivity contribution >= 4 is 28.4 Å². The molecule has 0 aliphatic carbocycles. The molecule has 1 saturated heterocycles. The zero-order valence-electron chi connectivity index (χ0n) is 18.0. The minimum Gasteiger partial charge on any atom is -0.340 e. The summed E-state index contributed by atoms with van der Waals surface area (Å²) in [5.41, 5.74) is 0.541. The lowest BCUT2D eigenvalue weighted by Crippen LogP contribution is -2.47. The largest absolute Gasteiger partial charge is 0.340 e. The van der Waals surface area contributed by atoms with Gasteiger partial charge in [0.25, 0.3) is 11.1 Å². The fourth-order valence-corrected chi connectivity index (χ4v) is 4.37. The predicted molar refractivity (Wildman–Crippen MR) is 121 cm³/mol. The molecule has 32 heavy (non-hydrogen) atoms. The number of nitrogens with zero attached hydrogens (tertiary/aromatic N) is 4. The van der Waals surface area contributed by atoms with Gasteiger partial charge in [0.15, 0.2) is 0 Å². The number of carbonyl (C=O) groups is 1. The van der Waals surface area contributed by atoms with Gasteiger partial charge in [0, 0.05) is 50.9 Å². The first-order valence-electron chi connectivity index (χ1n) is 10.5. The molecule has 1 N–H and O–H groups in total. The van der Waals surface area contributed by atoms with Crippen molar-refractivity contribution in [1.82, 2.24) is 24.1 Å². The summed E-state index contributed by atoms with van der Waals surface area (Å²) in [5, 5.41) is 3.32. The van der Waals surface area contributed by atoms with E-state index in [-0.39, 0.29) is 22.0 Å². The molecule has 4 rings (SSSR count). The Kier molecular flexibility index (Phi) is 6.21. The molecule has 1 amide bonds. The molecule has 0 bridgehead atoms. The quantitative estimate of drug-likeness (QED) is 0.631. The maximum Gasteiger partial charge on any atom is 0.280 e. The summed E-state index contributed by atoms with van der Waals surface area (Å²) >= 11 is 6.11. The number of fused-ring (bicyclic) bond motifs is 1. The Balaban J connectivity index is 1.57. The summed E-state index contributed by atoms with van der Waals surface area (Å²) in [6.45, 7) is 5.20. The monoisotopic (exact) mass is 461 g/mol. The Morgan fingerprint density at radius 2 is 1.88 bits per heavy atom. The summed E-state index contributed by atoms with van der Waals surface area (Å²) in [7, 11) is 2.03. The van der Waals surface area contributed by atoms with Crippen LogP contribution in [0.15, 0.2) is 33.9 Å². The van der Waals surface area contributed by atoms with E-state index in [0.29, 0.717) is 41.7 Å². The molecule has 0 saturated carbocycles. The number of carbonyl (C=O) groups excluding carboxylic acids is 1. The number of aromatic amines is 1. The van der Waals surface area contributed by atoms with Crippen molar-refractivity contribution < 1.29 is 9.18 Å². The number of benzene rings is 1. The van der Waals surface area contributed by atoms with Gasteiger partial charge in [-0.05, 0) is 38.6 Å². The van der Waals surface area contributed by atoms with Gasteiger partial charge in [0.1, 0.15) is 5.82 Å². The maximum atomic E-state index is 13.4. The molecule has 0 spiro atoms. The minimum absolute atomic E-state index is 0.0777. The average Bonchev–Trinajstić information content (AvgIpc) is 3.06. The van der Waals surface area contributed by atoms with Crippen LogP contribution in [-0.2, 0) is 11.3 Å². The van der Waals surface area contributed by atoms with E-state index in [1.54, 1.807) is 6.92 Å². The molecule has 0 radical (unpaired) electrons. The van der Waals surface area contributed by atoms with Gasteiger partial charge in [-0.1, -0.05) is 11.6 Å². The minimum atomic E-state index is -0.509. The van der Waals surface area contributed by atoms with E-state index in [2.05, 4.69) is 10.00 Å². The highest BCUT2D eigenvalue weighted by Gasteiger charge is 2.20. The lowest BCUT2D eigenvalue weighted by Gasteiger charge is -2.32. The third kappa shape index (κ3) is 4.22. The summed E-state index contributed by atoms with van der Waals surface area (Å²) in [6, 6.07) is 5.10. The molecule has 10 heteroatoms. The zero-order valence-corrected chi connectivity index (χ0v) is 18.8. The number of aromatic nitrogens is 3. The van der Waals surface area contributed by atoms with Crippen molar-refractivity contribution in [1.29, 1.82) is 0 Å². The first-order valence-corrected chi connectivity index (χ1v) is 10.9. The van der Waals surface area contributed by atoms with Crippen LogP contribution >= 0.6 is 11.6 Å². The molecule has 8 nitrogen and oxygen atoms in total. The van der Waals surface area contributed by atoms with Crippen LogP contribution in [0.1, 0.15) is 18.5 Å². The lowest BCUT2D eigenvalue weighted by molar-refractivity contribution is -0.132. The SMILES string of the molecule is Cc1c2c(=O)n(-c3ccc(F)cc3Cl)[nH]c2cc(=O)n1CCCC(=O)N1CCN(C)CC1. The molecular formula is C22H25ClFN5O3. The molecule has 3 aromatic rings. The average molecular weight is 462 g/mol. The van der Waals surface area contributed by atoms with Crippen LogP contribution < -0.4 is 11.1 Å². The second-order valence-corrected chi connectivity index (χ2v) is 8.55. The highest BCUT2D eigenvalue weighted by atomic mass is 35.5. The van der Waals surface area contributed by atoms with E-state index < -0.39 is 5.82 Å². The van der Waals surface area contributed by atoms with Crippen LogP contribution in [0.5, 0.6) is 0 Å². The second kappa shape index (κ2) is 8.91. The first-order chi connectivity index (χ1) is 15.3. The fraction of sp³-hybridized carbons (Fsp3) is 0.409. The smallest absolute Gasteiger partial charge is 0.280 e. The fourth-order valence-electron chi connectivity index (χ4n) is 4.12. The van der Waals surface area contributed by atoms with Gasteiger partial charge in [-0.25, -0.2) is 9.07 Å². The topological polar surface area (TPSA) is 83.3 Å². The van der Waals surface area contributed by atoms with Crippen LogP contribution in [-0.4, -0.2) is 63.3 Å². The number of likely N-dealkylation sites (N-methyl/N-ethyl adjacent to an activating group) is 1. The first kappa shape index (κ1) is 22.3. The van der Waals surface area contributed by atoms with E-state index in [0.717, 1.165) is 32.2 Å². The molecule has 0 unspecified atom stereocenters. The Bertz CT molecular complexity index is 1290. The number of halogens is 2. The number of piperazine rings is 1. The Morgan fingerprint density at radius 3 is 2.56 bits per heavy atom. The number of nitrogens with one attached hydrogen (secondary N) is 1. The molecule has 1 fully saturated rings. The van der Waals surface area contributed by atoms with Crippen LogP contribution in [0.4, 0.5) is 4.39 Å². The number of hydrogen-bond acceptors (Lipinski definition) is 4. The molecule has 2 aromatic heterocycles. The third-order valence-corrected chi connectivity index (χ3v) is 6.30. The number of amides is 1. The zero-order chi connectivity index (χ0) is 23.0. The van der Waals surface area contributed by atoms with Crippen LogP contribution in [0.25, 0.3) is 16.6 Å². The van der Waals surface area contributed by atoms with Crippen molar-refractivity contribution in [2.24, 2.45) is 0 Å². The van der Waals surface area contributed by atoms with Crippen molar-refractivity contribution in [3.05, 3.63) is 61.5 Å². The van der Waals surface area contributed by atoms with Gasteiger partial charge in [-0.2, -0.15) is 0 Å². The lowest BCUT2D eigenvalue weighted by atomic mass is 10.2. The van der Waals surface area contributed by atoms with E-state index >= 15 is 0 Å².